The smallest absolute Gasteiger partial charge is 0.311 e. The summed E-state index contributed by atoms with van der Waals surface area (Å²) in [5, 5.41) is 19.4. The van der Waals surface area contributed by atoms with Crippen molar-refractivity contribution in [3.63, 3.8) is 0 Å². The number of esters is 1. The predicted molar refractivity (Wildman–Crippen MR) is 125 cm³/mol. The van der Waals surface area contributed by atoms with Crippen LogP contribution < -0.4 is 4.74 Å². The Bertz CT molecular complexity index is 1470. The van der Waals surface area contributed by atoms with Crippen molar-refractivity contribution < 1.29 is 19.4 Å². The van der Waals surface area contributed by atoms with Gasteiger partial charge in [-0.3, -0.25) is 4.79 Å². The Hall–Kier alpha value is -3.79. The fourth-order valence-electron chi connectivity index (χ4n) is 4.13. The van der Waals surface area contributed by atoms with E-state index in [1.165, 1.54) is 16.2 Å². The topological polar surface area (TPSA) is 55.8 Å². The zero-order valence-corrected chi connectivity index (χ0v) is 17.4. The first-order valence-electron chi connectivity index (χ1n) is 10.3. The number of benzene rings is 5. The molecular formula is C27H22O4. The third kappa shape index (κ3) is 3.21. The van der Waals surface area contributed by atoms with Crippen LogP contribution in [0, 0.1) is 5.92 Å². The molecule has 0 spiro atoms. The van der Waals surface area contributed by atoms with Crippen molar-refractivity contribution in [3.8, 4) is 11.5 Å². The molecule has 4 nitrogen and oxygen atoms in total. The van der Waals surface area contributed by atoms with E-state index in [-0.39, 0.29) is 30.2 Å². The predicted octanol–water partition coefficient (Wildman–Crippen LogP) is 6.54. The van der Waals surface area contributed by atoms with Crippen LogP contribution in [0.3, 0.4) is 0 Å². The van der Waals surface area contributed by atoms with Crippen LogP contribution >= 0.6 is 0 Å². The molecule has 5 aromatic carbocycles. The van der Waals surface area contributed by atoms with E-state index in [9.17, 15) is 9.90 Å². The Labute approximate surface area is 179 Å². The second-order valence-electron chi connectivity index (χ2n) is 8.00. The highest BCUT2D eigenvalue weighted by Gasteiger charge is 2.14. The van der Waals surface area contributed by atoms with Crippen LogP contribution in [-0.4, -0.2) is 17.9 Å². The third-order valence-corrected chi connectivity index (χ3v) is 5.73. The first-order chi connectivity index (χ1) is 15.0. The summed E-state index contributed by atoms with van der Waals surface area (Å²) in [6, 6.07) is 24.5. The maximum absolute atomic E-state index is 11.7. The maximum Gasteiger partial charge on any atom is 0.311 e. The largest absolute Gasteiger partial charge is 0.504 e. The van der Waals surface area contributed by atoms with Crippen LogP contribution in [0.5, 0.6) is 11.5 Å². The summed E-state index contributed by atoms with van der Waals surface area (Å²) < 4.78 is 10.7. The molecule has 0 fully saturated rings. The van der Waals surface area contributed by atoms with Gasteiger partial charge in [-0.05, 0) is 43.8 Å². The van der Waals surface area contributed by atoms with Crippen molar-refractivity contribution >= 4 is 49.1 Å². The Kier molecular flexibility index (Phi) is 4.63. The molecule has 0 heterocycles. The lowest BCUT2D eigenvalue weighted by Crippen LogP contribution is -2.15. The molecule has 5 aromatic rings. The summed E-state index contributed by atoms with van der Waals surface area (Å²) in [6.45, 7) is 3.28. The summed E-state index contributed by atoms with van der Waals surface area (Å²) in [4.78, 5) is 11.7. The van der Waals surface area contributed by atoms with Crippen molar-refractivity contribution in [2.75, 3.05) is 6.79 Å². The summed E-state index contributed by atoms with van der Waals surface area (Å²) in [5.74, 6) is -0.245. The molecule has 0 aromatic heterocycles. The van der Waals surface area contributed by atoms with Crippen molar-refractivity contribution in [3.05, 3.63) is 72.8 Å². The van der Waals surface area contributed by atoms with Gasteiger partial charge in [0.05, 0.1) is 5.92 Å². The van der Waals surface area contributed by atoms with Crippen molar-refractivity contribution in [2.45, 2.75) is 13.8 Å². The number of carbonyl (C=O) groups excluding carboxylic acids is 1. The summed E-state index contributed by atoms with van der Waals surface area (Å²) in [7, 11) is 0. The quantitative estimate of drug-likeness (QED) is 0.208. The number of ether oxygens (including phenoxy) is 2. The number of hydrogen-bond donors (Lipinski definition) is 1. The average Bonchev–Trinajstić information content (AvgIpc) is 2.79. The van der Waals surface area contributed by atoms with Crippen LogP contribution in [-0.2, 0) is 9.53 Å². The normalized spacial score (nSPS) is 11.6. The van der Waals surface area contributed by atoms with E-state index in [0.29, 0.717) is 0 Å². The average molecular weight is 410 g/mol. The Morgan fingerprint density at radius 1 is 0.774 bits per heavy atom. The van der Waals surface area contributed by atoms with Gasteiger partial charge in [0.15, 0.2) is 11.5 Å². The molecule has 0 amide bonds. The number of hydrogen-bond acceptors (Lipinski definition) is 4. The second kappa shape index (κ2) is 7.47. The number of phenols is 1. The molecule has 0 aliphatic heterocycles. The van der Waals surface area contributed by atoms with E-state index in [0.717, 1.165) is 26.9 Å². The first-order valence-corrected chi connectivity index (χ1v) is 10.3. The minimum absolute atomic E-state index is 0.0452. The van der Waals surface area contributed by atoms with E-state index in [1.807, 2.05) is 24.3 Å². The molecular weight excluding hydrogens is 388 g/mol. The Morgan fingerprint density at radius 3 is 2.19 bits per heavy atom. The van der Waals surface area contributed by atoms with E-state index in [1.54, 1.807) is 19.9 Å². The number of phenolic OH excluding ortho intramolecular Hbond substituents is 1. The van der Waals surface area contributed by atoms with E-state index in [4.69, 9.17) is 9.47 Å². The first kappa shape index (κ1) is 19.2. The van der Waals surface area contributed by atoms with Gasteiger partial charge < -0.3 is 14.6 Å². The van der Waals surface area contributed by atoms with E-state index >= 15 is 0 Å². The van der Waals surface area contributed by atoms with Gasteiger partial charge >= 0.3 is 5.97 Å². The zero-order valence-electron chi connectivity index (χ0n) is 17.4. The molecule has 0 unspecified atom stereocenters. The molecule has 0 aliphatic carbocycles. The van der Waals surface area contributed by atoms with Gasteiger partial charge in [-0.2, -0.15) is 0 Å². The minimum atomic E-state index is -0.343. The molecule has 154 valence electrons. The monoisotopic (exact) mass is 410 g/mol. The summed E-state index contributed by atoms with van der Waals surface area (Å²) >= 11 is 0. The molecule has 0 saturated heterocycles. The lowest BCUT2D eigenvalue weighted by molar-refractivity contribution is -0.154. The molecule has 31 heavy (non-hydrogen) atoms. The molecule has 0 aliphatic rings. The fourth-order valence-corrected chi connectivity index (χ4v) is 4.13. The molecule has 1 N–H and O–H groups in total. The van der Waals surface area contributed by atoms with Gasteiger partial charge in [-0.1, -0.05) is 80.6 Å². The third-order valence-electron chi connectivity index (χ3n) is 5.73. The maximum atomic E-state index is 11.7. The van der Waals surface area contributed by atoms with Crippen molar-refractivity contribution in [1.82, 2.24) is 0 Å². The van der Waals surface area contributed by atoms with Crippen LogP contribution in [0.1, 0.15) is 13.8 Å². The molecule has 0 radical (unpaired) electrons. The van der Waals surface area contributed by atoms with Gasteiger partial charge in [-0.15, -0.1) is 0 Å². The highest BCUT2D eigenvalue weighted by molar-refractivity contribution is 6.23. The van der Waals surface area contributed by atoms with Crippen molar-refractivity contribution in [2.24, 2.45) is 5.92 Å². The minimum Gasteiger partial charge on any atom is -0.504 e. The molecule has 0 atom stereocenters. The second-order valence-corrected chi connectivity index (χ2v) is 8.00. The van der Waals surface area contributed by atoms with Crippen LogP contribution in [0.2, 0.25) is 0 Å². The van der Waals surface area contributed by atoms with Crippen molar-refractivity contribution in [1.29, 1.82) is 0 Å². The highest BCUT2D eigenvalue weighted by Crippen LogP contribution is 2.41. The Morgan fingerprint density at radius 2 is 1.39 bits per heavy atom. The van der Waals surface area contributed by atoms with Gasteiger partial charge in [0, 0.05) is 5.39 Å². The lowest BCUT2D eigenvalue weighted by Gasteiger charge is -2.14. The Balaban J connectivity index is 1.65. The van der Waals surface area contributed by atoms with Gasteiger partial charge in [0.2, 0.25) is 6.79 Å². The number of aromatic hydroxyl groups is 1. The fraction of sp³-hybridized carbons (Fsp3) is 0.148. The summed E-state index contributed by atoms with van der Waals surface area (Å²) in [5.41, 5.74) is 0. The number of fused-ring (bicyclic) bond motifs is 7. The van der Waals surface area contributed by atoms with E-state index in [2.05, 4.69) is 42.5 Å². The van der Waals surface area contributed by atoms with Gasteiger partial charge in [0.25, 0.3) is 0 Å². The number of carbonyl (C=O) groups is 1. The molecule has 5 rings (SSSR count). The van der Waals surface area contributed by atoms with Crippen LogP contribution in [0.25, 0.3) is 43.1 Å². The molecule has 0 saturated carbocycles. The standard InChI is InChI=1S/C27H22O4/c1-16(2)27(29)31-15-30-24-14-9-18-8-11-22-21-10-7-17-5-3-4-6-19(17)20(21)12-13-23(22)25(18)26(24)28/h3-14,16,28H,15H2,1-2H3. The highest BCUT2D eigenvalue weighted by atomic mass is 16.7. The lowest BCUT2D eigenvalue weighted by atomic mass is 9.94. The van der Waals surface area contributed by atoms with Gasteiger partial charge in [0.1, 0.15) is 0 Å². The SMILES string of the molecule is CC(C)C(=O)OCOc1ccc2ccc3c4ccc5ccccc5c4ccc3c2c1O. The summed E-state index contributed by atoms with van der Waals surface area (Å²) in [6.07, 6.45) is 0. The van der Waals surface area contributed by atoms with Crippen LogP contribution in [0.15, 0.2) is 72.8 Å². The van der Waals surface area contributed by atoms with E-state index < -0.39 is 0 Å². The zero-order chi connectivity index (χ0) is 21.5. The molecule has 4 heteroatoms. The van der Waals surface area contributed by atoms with Gasteiger partial charge in [-0.25, -0.2) is 0 Å². The number of rotatable bonds is 4. The molecule has 0 bridgehead atoms. The van der Waals surface area contributed by atoms with Crippen LogP contribution in [0.4, 0.5) is 0 Å².